The van der Waals surface area contributed by atoms with Gasteiger partial charge in [0.05, 0.1) is 26.4 Å². The summed E-state index contributed by atoms with van der Waals surface area (Å²) in [5.41, 5.74) is 1.01. The summed E-state index contributed by atoms with van der Waals surface area (Å²) in [5.74, 6) is 2.80. The summed E-state index contributed by atoms with van der Waals surface area (Å²) in [6, 6.07) is 1.87. The van der Waals surface area contributed by atoms with Crippen molar-refractivity contribution in [2.75, 3.05) is 27.1 Å². The Morgan fingerprint density at radius 2 is 1.67 bits per heavy atom. The standard InChI is InChI=1S/C13H19ClO3S/c1-8(5-6-18)9-7-10(14)12(16-3)13(17-4)11(9)15-2/h7-8,18H,5-6H2,1-4H3. The van der Waals surface area contributed by atoms with Crippen molar-refractivity contribution in [1.29, 1.82) is 0 Å². The van der Waals surface area contributed by atoms with E-state index < -0.39 is 0 Å². The molecule has 0 aromatic heterocycles. The number of hydrogen-bond acceptors (Lipinski definition) is 4. The van der Waals surface area contributed by atoms with E-state index in [4.69, 9.17) is 25.8 Å². The lowest BCUT2D eigenvalue weighted by molar-refractivity contribution is 0.321. The zero-order chi connectivity index (χ0) is 13.7. The second kappa shape index (κ2) is 7.00. The predicted octanol–water partition coefficient (Wildman–Crippen LogP) is 3.79. The molecule has 1 rings (SSSR count). The highest BCUT2D eigenvalue weighted by molar-refractivity contribution is 7.80. The molecule has 0 saturated carbocycles. The number of thiol groups is 1. The van der Waals surface area contributed by atoms with Crippen molar-refractivity contribution in [2.45, 2.75) is 19.3 Å². The third-order valence-electron chi connectivity index (χ3n) is 2.88. The monoisotopic (exact) mass is 290 g/mol. The molecule has 0 aliphatic rings. The Kier molecular flexibility index (Phi) is 5.96. The average molecular weight is 291 g/mol. The van der Waals surface area contributed by atoms with E-state index in [9.17, 15) is 0 Å². The first kappa shape index (κ1) is 15.3. The lowest BCUT2D eigenvalue weighted by Gasteiger charge is -2.20. The molecule has 0 saturated heterocycles. The second-order valence-corrected chi connectivity index (χ2v) is 4.82. The summed E-state index contributed by atoms with van der Waals surface area (Å²) in [7, 11) is 4.74. The first-order chi connectivity index (χ1) is 8.60. The molecule has 1 atom stereocenters. The first-order valence-electron chi connectivity index (χ1n) is 5.69. The Bertz CT molecular complexity index is 410. The molecule has 0 bridgehead atoms. The van der Waals surface area contributed by atoms with Crippen LogP contribution in [-0.2, 0) is 0 Å². The second-order valence-electron chi connectivity index (χ2n) is 3.96. The maximum absolute atomic E-state index is 6.21. The number of benzene rings is 1. The van der Waals surface area contributed by atoms with E-state index in [1.807, 2.05) is 6.07 Å². The fraction of sp³-hybridized carbons (Fsp3) is 0.538. The maximum Gasteiger partial charge on any atom is 0.205 e. The molecule has 5 heteroatoms. The molecule has 0 aliphatic heterocycles. The largest absolute Gasteiger partial charge is 0.492 e. The van der Waals surface area contributed by atoms with E-state index >= 15 is 0 Å². The summed E-state index contributed by atoms with van der Waals surface area (Å²) in [6.07, 6.45) is 0.936. The van der Waals surface area contributed by atoms with Crippen molar-refractivity contribution < 1.29 is 14.2 Å². The van der Waals surface area contributed by atoms with Gasteiger partial charge in [-0.3, -0.25) is 0 Å². The fourth-order valence-electron chi connectivity index (χ4n) is 1.91. The molecule has 3 nitrogen and oxygen atoms in total. The molecule has 1 aromatic rings. The Morgan fingerprint density at radius 1 is 1.11 bits per heavy atom. The predicted molar refractivity (Wildman–Crippen MR) is 78.0 cm³/mol. The van der Waals surface area contributed by atoms with E-state index in [0.29, 0.717) is 22.3 Å². The SMILES string of the molecule is COc1c(Cl)cc(C(C)CCS)c(OC)c1OC. The van der Waals surface area contributed by atoms with Crippen molar-refractivity contribution in [3.63, 3.8) is 0 Å². The van der Waals surface area contributed by atoms with Gasteiger partial charge in [0.25, 0.3) is 0 Å². The third-order valence-corrected chi connectivity index (χ3v) is 3.42. The van der Waals surface area contributed by atoms with Gasteiger partial charge in [-0.25, -0.2) is 0 Å². The van der Waals surface area contributed by atoms with Crippen molar-refractivity contribution in [1.82, 2.24) is 0 Å². The number of halogens is 1. The van der Waals surface area contributed by atoms with Gasteiger partial charge in [0, 0.05) is 5.56 Å². The summed E-state index contributed by atoms with van der Waals surface area (Å²) >= 11 is 10.5. The molecule has 0 heterocycles. The zero-order valence-corrected chi connectivity index (χ0v) is 12.8. The van der Waals surface area contributed by atoms with E-state index in [1.54, 1.807) is 21.3 Å². The van der Waals surface area contributed by atoms with Crippen LogP contribution < -0.4 is 14.2 Å². The molecule has 1 aromatic carbocycles. The molecule has 1 unspecified atom stereocenters. The van der Waals surface area contributed by atoms with Crippen molar-refractivity contribution in [3.05, 3.63) is 16.7 Å². The number of rotatable bonds is 6. The van der Waals surface area contributed by atoms with Crippen LogP contribution in [0.2, 0.25) is 5.02 Å². The number of methoxy groups -OCH3 is 3. The van der Waals surface area contributed by atoms with Crippen LogP contribution in [0.3, 0.4) is 0 Å². The maximum atomic E-state index is 6.21. The lowest BCUT2D eigenvalue weighted by atomic mass is 9.97. The Hall–Kier alpha value is -0.740. The van der Waals surface area contributed by atoms with Gasteiger partial charge in [0.15, 0.2) is 11.5 Å². The van der Waals surface area contributed by atoms with Crippen LogP contribution in [0.4, 0.5) is 0 Å². The molecule has 0 spiro atoms. The van der Waals surface area contributed by atoms with Gasteiger partial charge in [-0.15, -0.1) is 0 Å². The minimum Gasteiger partial charge on any atom is -0.492 e. The van der Waals surface area contributed by atoms with Crippen LogP contribution >= 0.6 is 24.2 Å². The summed E-state index contributed by atoms with van der Waals surface area (Å²) < 4.78 is 16.1. The van der Waals surface area contributed by atoms with Crippen LogP contribution in [-0.4, -0.2) is 27.1 Å². The van der Waals surface area contributed by atoms with Gasteiger partial charge in [-0.05, 0) is 24.2 Å². The van der Waals surface area contributed by atoms with Crippen molar-refractivity contribution in [2.24, 2.45) is 0 Å². The highest BCUT2D eigenvalue weighted by atomic mass is 35.5. The van der Waals surface area contributed by atoms with Gasteiger partial charge in [0.1, 0.15) is 0 Å². The van der Waals surface area contributed by atoms with Gasteiger partial charge < -0.3 is 14.2 Å². The molecule has 0 amide bonds. The smallest absolute Gasteiger partial charge is 0.205 e. The lowest BCUT2D eigenvalue weighted by Crippen LogP contribution is -2.03. The first-order valence-corrected chi connectivity index (χ1v) is 6.70. The third kappa shape index (κ3) is 2.98. The van der Waals surface area contributed by atoms with Crippen LogP contribution in [0.1, 0.15) is 24.8 Å². The molecular formula is C13H19ClO3S. The van der Waals surface area contributed by atoms with E-state index in [2.05, 4.69) is 19.6 Å². The normalized spacial score (nSPS) is 12.1. The van der Waals surface area contributed by atoms with Gasteiger partial charge >= 0.3 is 0 Å². The summed E-state index contributed by atoms with van der Waals surface area (Å²) in [6.45, 7) is 2.11. The van der Waals surface area contributed by atoms with Crippen LogP contribution in [0, 0.1) is 0 Å². The van der Waals surface area contributed by atoms with Crippen molar-refractivity contribution in [3.8, 4) is 17.2 Å². The van der Waals surface area contributed by atoms with E-state index in [-0.39, 0.29) is 5.92 Å². The average Bonchev–Trinajstić information content (AvgIpc) is 2.37. The molecule has 102 valence electrons. The highest BCUT2D eigenvalue weighted by Crippen LogP contribution is 2.47. The van der Waals surface area contributed by atoms with E-state index in [1.165, 1.54) is 0 Å². The summed E-state index contributed by atoms with van der Waals surface area (Å²) in [5, 5.41) is 0.524. The molecule has 0 fully saturated rings. The molecule has 0 radical (unpaired) electrons. The molecule has 0 aliphatic carbocycles. The van der Waals surface area contributed by atoms with Crippen LogP contribution in [0.5, 0.6) is 17.2 Å². The minimum absolute atomic E-state index is 0.287. The molecule has 18 heavy (non-hydrogen) atoms. The van der Waals surface area contributed by atoms with Crippen molar-refractivity contribution >= 4 is 24.2 Å². The van der Waals surface area contributed by atoms with Gasteiger partial charge in [0.2, 0.25) is 5.75 Å². The fourth-order valence-corrected chi connectivity index (χ4v) is 2.58. The minimum atomic E-state index is 0.287. The zero-order valence-electron chi connectivity index (χ0n) is 11.1. The molecular weight excluding hydrogens is 272 g/mol. The summed E-state index contributed by atoms with van der Waals surface area (Å²) in [4.78, 5) is 0. The Balaban J connectivity index is 3.39. The number of ether oxygens (including phenoxy) is 3. The highest BCUT2D eigenvalue weighted by Gasteiger charge is 2.22. The van der Waals surface area contributed by atoms with Gasteiger partial charge in [-0.2, -0.15) is 12.6 Å². The molecule has 0 N–H and O–H groups in total. The quantitative estimate of drug-likeness (QED) is 0.808. The van der Waals surface area contributed by atoms with Gasteiger partial charge in [-0.1, -0.05) is 18.5 Å². The Morgan fingerprint density at radius 3 is 2.11 bits per heavy atom. The topological polar surface area (TPSA) is 27.7 Å². The van der Waals surface area contributed by atoms with E-state index in [0.717, 1.165) is 17.7 Å². The Labute approximate surface area is 119 Å². The van der Waals surface area contributed by atoms with Crippen LogP contribution in [0.25, 0.3) is 0 Å². The number of hydrogen-bond donors (Lipinski definition) is 1. The van der Waals surface area contributed by atoms with Crippen LogP contribution in [0.15, 0.2) is 6.07 Å².